The SMILES string of the molecule is Cc1ccc(NC(=O)CCC(=O)NCCc2ccccc2)c(C)c1. The number of carbonyl (C=O) groups excluding carboxylic acids is 2. The Morgan fingerprint density at radius 1 is 0.917 bits per heavy atom. The van der Waals surface area contributed by atoms with Crippen LogP contribution in [-0.2, 0) is 16.0 Å². The van der Waals surface area contributed by atoms with E-state index in [2.05, 4.69) is 10.6 Å². The van der Waals surface area contributed by atoms with Crippen LogP contribution in [0.5, 0.6) is 0 Å². The quantitative estimate of drug-likeness (QED) is 0.820. The van der Waals surface area contributed by atoms with Crippen molar-refractivity contribution in [1.82, 2.24) is 5.32 Å². The normalized spacial score (nSPS) is 10.2. The van der Waals surface area contributed by atoms with Crippen molar-refractivity contribution >= 4 is 17.5 Å². The second kappa shape index (κ2) is 8.87. The standard InChI is InChI=1S/C20H24N2O2/c1-15-8-9-18(16(2)14-15)22-20(24)11-10-19(23)21-13-12-17-6-4-3-5-7-17/h3-9,14H,10-13H2,1-2H3,(H,21,23)(H,22,24). The molecule has 24 heavy (non-hydrogen) atoms. The second-order valence-corrected chi connectivity index (χ2v) is 5.95. The minimum absolute atomic E-state index is 0.0956. The van der Waals surface area contributed by atoms with Crippen molar-refractivity contribution in [2.24, 2.45) is 0 Å². The molecule has 2 N–H and O–H groups in total. The van der Waals surface area contributed by atoms with E-state index in [1.807, 2.05) is 62.4 Å². The van der Waals surface area contributed by atoms with E-state index in [0.29, 0.717) is 6.54 Å². The van der Waals surface area contributed by atoms with Crippen LogP contribution in [0.1, 0.15) is 29.5 Å². The summed E-state index contributed by atoms with van der Waals surface area (Å²) in [5.74, 6) is -0.234. The van der Waals surface area contributed by atoms with E-state index in [0.717, 1.165) is 23.2 Å². The van der Waals surface area contributed by atoms with Crippen LogP contribution in [0, 0.1) is 13.8 Å². The lowest BCUT2D eigenvalue weighted by atomic mass is 10.1. The Morgan fingerprint density at radius 3 is 2.33 bits per heavy atom. The maximum Gasteiger partial charge on any atom is 0.224 e. The van der Waals surface area contributed by atoms with Gasteiger partial charge in [0.25, 0.3) is 0 Å². The zero-order chi connectivity index (χ0) is 17.4. The predicted octanol–water partition coefficient (Wildman–Crippen LogP) is 3.38. The van der Waals surface area contributed by atoms with Crippen molar-refractivity contribution in [3.63, 3.8) is 0 Å². The Labute approximate surface area is 143 Å². The van der Waals surface area contributed by atoms with Crippen LogP contribution in [0.2, 0.25) is 0 Å². The van der Waals surface area contributed by atoms with Crippen LogP contribution in [0.4, 0.5) is 5.69 Å². The summed E-state index contributed by atoms with van der Waals surface area (Å²) >= 11 is 0. The van der Waals surface area contributed by atoms with E-state index in [-0.39, 0.29) is 24.7 Å². The molecule has 0 heterocycles. The molecule has 0 radical (unpaired) electrons. The molecule has 2 rings (SSSR count). The van der Waals surface area contributed by atoms with E-state index in [9.17, 15) is 9.59 Å². The number of anilines is 1. The van der Waals surface area contributed by atoms with Crippen molar-refractivity contribution in [2.75, 3.05) is 11.9 Å². The maximum atomic E-state index is 12.0. The Kier molecular flexibility index (Phi) is 6.55. The molecule has 0 aliphatic carbocycles. The predicted molar refractivity (Wildman–Crippen MR) is 96.9 cm³/mol. The summed E-state index contributed by atoms with van der Waals surface area (Å²) in [5, 5.41) is 5.71. The van der Waals surface area contributed by atoms with Gasteiger partial charge in [-0.05, 0) is 37.5 Å². The molecule has 0 bridgehead atoms. The summed E-state index contributed by atoms with van der Waals surface area (Å²) in [7, 11) is 0. The number of benzene rings is 2. The molecule has 2 aromatic rings. The van der Waals surface area contributed by atoms with Crippen molar-refractivity contribution < 1.29 is 9.59 Å². The topological polar surface area (TPSA) is 58.2 Å². The first kappa shape index (κ1) is 17.7. The number of rotatable bonds is 7. The average Bonchev–Trinajstić information content (AvgIpc) is 2.56. The van der Waals surface area contributed by atoms with Gasteiger partial charge in [0.2, 0.25) is 11.8 Å². The first-order chi connectivity index (χ1) is 11.5. The molecule has 2 amide bonds. The van der Waals surface area contributed by atoms with Gasteiger partial charge in [0.15, 0.2) is 0 Å². The first-order valence-electron chi connectivity index (χ1n) is 8.22. The molecule has 0 saturated heterocycles. The van der Waals surface area contributed by atoms with E-state index in [4.69, 9.17) is 0 Å². The summed E-state index contributed by atoms with van der Waals surface area (Å²) in [6, 6.07) is 15.9. The maximum absolute atomic E-state index is 12.0. The lowest BCUT2D eigenvalue weighted by molar-refractivity contribution is -0.124. The van der Waals surface area contributed by atoms with Crippen LogP contribution < -0.4 is 10.6 Å². The van der Waals surface area contributed by atoms with Gasteiger partial charge in [-0.3, -0.25) is 9.59 Å². The van der Waals surface area contributed by atoms with Gasteiger partial charge in [-0.2, -0.15) is 0 Å². The minimum Gasteiger partial charge on any atom is -0.356 e. The summed E-state index contributed by atoms with van der Waals surface area (Å²) in [5.41, 5.74) is 4.17. The summed E-state index contributed by atoms with van der Waals surface area (Å²) in [4.78, 5) is 23.8. The van der Waals surface area contributed by atoms with Crippen molar-refractivity contribution in [1.29, 1.82) is 0 Å². The molecule has 0 unspecified atom stereocenters. The number of hydrogen-bond acceptors (Lipinski definition) is 2. The van der Waals surface area contributed by atoms with Gasteiger partial charge >= 0.3 is 0 Å². The number of amides is 2. The largest absolute Gasteiger partial charge is 0.356 e. The smallest absolute Gasteiger partial charge is 0.224 e. The van der Waals surface area contributed by atoms with Crippen LogP contribution >= 0.6 is 0 Å². The number of carbonyl (C=O) groups is 2. The Balaban J connectivity index is 1.68. The molecule has 0 fully saturated rings. The summed E-state index contributed by atoms with van der Waals surface area (Å²) in [6.45, 7) is 4.55. The van der Waals surface area contributed by atoms with E-state index in [1.165, 1.54) is 5.56 Å². The van der Waals surface area contributed by atoms with Crippen LogP contribution in [0.25, 0.3) is 0 Å². The number of hydrogen-bond donors (Lipinski definition) is 2. The second-order valence-electron chi connectivity index (χ2n) is 5.95. The summed E-state index contributed by atoms with van der Waals surface area (Å²) in [6.07, 6.45) is 1.18. The van der Waals surface area contributed by atoms with Gasteiger partial charge in [-0.1, -0.05) is 48.0 Å². The third-order valence-corrected chi connectivity index (χ3v) is 3.81. The third kappa shape index (κ3) is 5.88. The highest BCUT2D eigenvalue weighted by atomic mass is 16.2. The number of aryl methyl sites for hydroxylation is 2. The molecular formula is C20H24N2O2. The fraction of sp³-hybridized carbons (Fsp3) is 0.300. The molecular weight excluding hydrogens is 300 g/mol. The van der Waals surface area contributed by atoms with Crippen LogP contribution in [0.15, 0.2) is 48.5 Å². The fourth-order valence-corrected chi connectivity index (χ4v) is 2.47. The average molecular weight is 324 g/mol. The molecule has 0 saturated carbocycles. The Hall–Kier alpha value is -2.62. The van der Waals surface area contributed by atoms with Gasteiger partial charge in [0.05, 0.1) is 0 Å². The zero-order valence-electron chi connectivity index (χ0n) is 14.3. The summed E-state index contributed by atoms with van der Waals surface area (Å²) < 4.78 is 0. The van der Waals surface area contributed by atoms with E-state index >= 15 is 0 Å². The lowest BCUT2D eigenvalue weighted by Gasteiger charge is -2.09. The van der Waals surface area contributed by atoms with Crippen molar-refractivity contribution in [3.05, 3.63) is 65.2 Å². The fourth-order valence-electron chi connectivity index (χ4n) is 2.47. The highest BCUT2D eigenvalue weighted by Gasteiger charge is 2.08. The molecule has 0 aromatic heterocycles. The van der Waals surface area contributed by atoms with Gasteiger partial charge < -0.3 is 10.6 Å². The zero-order valence-corrected chi connectivity index (χ0v) is 14.3. The molecule has 2 aromatic carbocycles. The van der Waals surface area contributed by atoms with Crippen LogP contribution in [0.3, 0.4) is 0 Å². The van der Waals surface area contributed by atoms with Crippen LogP contribution in [-0.4, -0.2) is 18.4 Å². The molecule has 4 nitrogen and oxygen atoms in total. The highest BCUT2D eigenvalue weighted by molar-refractivity contribution is 5.93. The van der Waals surface area contributed by atoms with Gasteiger partial charge in [0, 0.05) is 25.1 Å². The molecule has 0 spiro atoms. The third-order valence-electron chi connectivity index (χ3n) is 3.81. The molecule has 126 valence electrons. The van der Waals surface area contributed by atoms with Gasteiger partial charge in [-0.25, -0.2) is 0 Å². The Bertz CT molecular complexity index is 696. The van der Waals surface area contributed by atoms with Crippen molar-refractivity contribution in [2.45, 2.75) is 33.1 Å². The number of nitrogens with one attached hydrogen (secondary N) is 2. The Morgan fingerprint density at radius 2 is 1.62 bits per heavy atom. The molecule has 0 atom stereocenters. The van der Waals surface area contributed by atoms with Crippen molar-refractivity contribution in [3.8, 4) is 0 Å². The molecule has 4 heteroatoms. The minimum atomic E-state index is -0.139. The molecule has 0 aliphatic rings. The molecule has 0 aliphatic heterocycles. The first-order valence-corrected chi connectivity index (χ1v) is 8.22. The van der Waals surface area contributed by atoms with Gasteiger partial charge in [0.1, 0.15) is 0 Å². The van der Waals surface area contributed by atoms with E-state index in [1.54, 1.807) is 0 Å². The monoisotopic (exact) mass is 324 g/mol. The lowest BCUT2D eigenvalue weighted by Crippen LogP contribution is -2.26. The van der Waals surface area contributed by atoms with E-state index < -0.39 is 0 Å². The van der Waals surface area contributed by atoms with Gasteiger partial charge in [-0.15, -0.1) is 0 Å². The highest BCUT2D eigenvalue weighted by Crippen LogP contribution is 2.16.